The standard InChI is InChI=1S/C11H23N3O2/c1-8(12)6-10(16)14(5)7-9(15)13-11(2,3)4/h8H,6-7,12H2,1-5H3,(H,13,15). The third-order valence-corrected chi connectivity index (χ3v) is 1.82. The van der Waals surface area contributed by atoms with Crippen LogP contribution in [0.5, 0.6) is 0 Å². The largest absolute Gasteiger partial charge is 0.350 e. The van der Waals surface area contributed by atoms with Crippen molar-refractivity contribution in [2.75, 3.05) is 13.6 Å². The summed E-state index contributed by atoms with van der Waals surface area (Å²) in [6, 6.07) is -0.180. The molecule has 5 nitrogen and oxygen atoms in total. The second-order valence-electron chi connectivity index (χ2n) is 5.23. The molecule has 16 heavy (non-hydrogen) atoms. The molecule has 0 aliphatic heterocycles. The van der Waals surface area contributed by atoms with Gasteiger partial charge in [0.2, 0.25) is 11.8 Å². The molecule has 3 N–H and O–H groups in total. The lowest BCUT2D eigenvalue weighted by molar-refractivity contribution is -0.135. The van der Waals surface area contributed by atoms with Crippen LogP contribution in [0.3, 0.4) is 0 Å². The minimum atomic E-state index is -0.276. The van der Waals surface area contributed by atoms with Gasteiger partial charge in [-0.1, -0.05) is 0 Å². The van der Waals surface area contributed by atoms with Gasteiger partial charge < -0.3 is 16.0 Å². The number of hydrogen-bond donors (Lipinski definition) is 2. The Morgan fingerprint density at radius 2 is 1.88 bits per heavy atom. The summed E-state index contributed by atoms with van der Waals surface area (Å²) in [6.45, 7) is 7.53. The Kier molecular flexibility index (Phi) is 5.44. The molecule has 0 saturated heterocycles. The lowest BCUT2D eigenvalue weighted by atomic mass is 10.1. The highest BCUT2D eigenvalue weighted by atomic mass is 16.2. The van der Waals surface area contributed by atoms with Crippen molar-refractivity contribution in [1.29, 1.82) is 0 Å². The molecule has 0 bridgehead atoms. The Morgan fingerprint density at radius 3 is 2.25 bits per heavy atom. The molecule has 1 unspecified atom stereocenters. The van der Waals surface area contributed by atoms with Crippen molar-refractivity contribution in [3.63, 3.8) is 0 Å². The number of nitrogens with zero attached hydrogens (tertiary/aromatic N) is 1. The van der Waals surface area contributed by atoms with E-state index in [1.54, 1.807) is 14.0 Å². The lowest BCUT2D eigenvalue weighted by Crippen LogP contribution is -2.46. The van der Waals surface area contributed by atoms with Gasteiger partial charge in [0.15, 0.2) is 0 Å². The number of rotatable bonds is 4. The van der Waals surface area contributed by atoms with Gasteiger partial charge in [0.05, 0.1) is 6.54 Å². The summed E-state index contributed by atoms with van der Waals surface area (Å²) >= 11 is 0. The highest BCUT2D eigenvalue weighted by molar-refractivity contribution is 5.85. The van der Waals surface area contributed by atoms with Crippen LogP contribution in [0.2, 0.25) is 0 Å². The Bertz CT molecular complexity index is 256. The van der Waals surface area contributed by atoms with E-state index in [-0.39, 0.29) is 36.4 Å². The van der Waals surface area contributed by atoms with Gasteiger partial charge in [-0.25, -0.2) is 0 Å². The van der Waals surface area contributed by atoms with E-state index in [2.05, 4.69) is 5.32 Å². The van der Waals surface area contributed by atoms with Crippen LogP contribution in [0.25, 0.3) is 0 Å². The molecule has 0 aromatic rings. The van der Waals surface area contributed by atoms with Crippen LogP contribution in [0.15, 0.2) is 0 Å². The molecule has 0 spiro atoms. The number of carbonyl (C=O) groups is 2. The van der Waals surface area contributed by atoms with Gasteiger partial charge in [-0.15, -0.1) is 0 Å². The first kappa shape index (κ1) is 14.9. The fourth-order valence-corrected chi connectivity index (χ4v) is 1.19. The van der Waals surface area contributed by atoms with Gasteiger partial charge in [-0.2, -0.15) is 0 Å². The number of hydrogen-bond acceptors (Lipinski definition) is 3. The molecule has 0 aromatic carbocycles. The summed E-state index contributed by atoms with van der Waals surface area (Å²) in [4.78, 5) is 24.4. The average molecular weight is 229 g/mol. The number of nitrogens with two attached hydrogens (primary N) is 1. The molecule has 0 rings (SSSR count). The van der Waals surface area contributed by atoms with E-state index in [1.165, 1.54) is 4.90 Å². The van der Waals surface area contributed by atoms with E-state index in [0.717, 1.165) is 0 Å². The van der Waals surface area contributed by atoms with E-state index >= 15 is 0 Å². The van der Waals surface area contributed by atoms with Crippen molar-refractivity contribution < 1.29 is 9.59 Å². The monoisotopic (exact) mass is 229 g/mol. The average Bonchev–Trinajstić information content (AvgIpc) is 1.98. The van der Waals surface area contributed by atoms with Crippen molar-refractivity contribution in [1.82, 2.24) is 10.2 Å². The molecular weight excluding hydrogens is 206 g/mol. The Hall–Kier alpha value is -1.10. The number of likely N-dealkylation sites (N-methyl/N-ethyl adjacent to an activating group) is 1. The van der Waals surface area contributed by atoms with Crippen LogP contribution >= 0.6 is 0 Å². The fraction of sp³-hybridized carbons (Fsp3) is 0.818. The maximum atomic E-state index is 11.5. The van der Waals surface area contributed by atoms with Gasteiger partial charge in [0.25, 0.3) is 0 Å². The molecule has 94 valence electrons. The van der Waals surface area contributed by atoms with Crippen molar-refractivity contribution >= 4 is 11.8 Å². The fourth-order valence-electron chi connectivity index (χ4n) is 1.19. The smallest absolute Gasteiger partial charge is 0.240 e. The maximum absolute atomic E-state index is 11.5. The van der Waals surface area contributed by atoms with E-state index in [4.69, 9.17) is 5.73 Å². The van der Waals surface area contributed by atoms with Crippen LogP contribution in [0, 0.1) is 0 Å². The summed E-state index contributed by atoms with van der Waals surface area (Å²) < 4.78 is 0. The zero-order valence-corrected chi connectivity index (χ0v) is 10.8. The van der Waals surface area contributed by atoms with Crippen molar-refractivity contribution in [2.24, 2.45) is 5.73 Å². The predicted octanol–water partition coefficient (Wildman–Crippen LogP) is 0.0968. The van der Waals surface area contributed by atoms with E-state index in [0.29, 0.717) is 0 Å². The summed E-state index contributed by atoms with van der Waals surface area (Å²) in [7, 11) is 1.60. The van der Waals surface area contributed by atoms with Crippen LogP contribution < -0.4 is 11.1 Å². The third-order valence-electron chi connectivity index (χ3n) is 1.82. The van der Waals surface area contributed by atoms with Crippen LogP contribution in [0.4, 0.5) is 0 Å². The third kappa shape index (κ3) is 7.23. The summed E-state index contributed by atoms with van der Waals surface area (Å²) in [5.74, 6) is -0.271. The molecule has 0 radical (unpaired) electrons. The van der Waals surface area contributed by atoms with Crippen molar-refractivity contribution in [2.45, 2.75) is 45.7 Å². The maximum Gasteiger partial charge on any atom is 0.240 e. The number of nitrogens with one attached hydrogen (secondary N) is 1. The molecule has 1 atom stereocenters. The molecule has 0 heterocycles. The first-order valence-corrected chi connectivity index (χ1v) is 5.42. The van der Waals surface area contributed by atoms with Gasteiger partial charge in [0, 0.05) is 25.0 Å². The van der Waals surface area contributed by atoms with Crippen LogP contribution in [-0.2, 0) is 9.59 Å². The first-order valence-electron chi connectivity index (χ1n) is 5.42. The predicted molar refractivity (Wildman–Crippen MR) is 63.8 cm³/mol. The van der Waals surface area contributed by atoms with Gasteiger partial charge >= 0.3 is 0 Å². The van der Waals surface area contributed by atoms with E-state index < -0.39 is 0 Å². The Balaban J connectivity index is 4.09. The SMILES string of the molecule is CC(N)CC(=O)N(C)CC(=O)NC(C)(C)C. The second kappa shape index (κ2) is 5.84. The Labute approximate surface area is 97.4 Å². The van der Waals surface area contributed by atoms with Crippen molar-refractivity contribution in [3.8, 4) is 0 Å². The van der Waals surface area contributed by atoms with Crippen LogP contribution in [0.1, 0.15) is 34.1 Å². The zero-order chi connectivity index (χ0) is 12.9. The van der Waals surface area contributed by atoms with E-state index in [9.17, 15) is 9.59 Å². The molecule has 0 fully saturated rings. The first-order chi connectivity index (χ1) is 7.11. The molecular formula is C11H23N3O2. The molecule has 0 aliphatic carbocycles. The zero-order valence-electron chi connectivity index (χ0n) is 10.8. The topological polar surface area (TPSA) is 75.4 Å². The van der Waals surface area contributed by atoms with Gasteiger partial charge in [-0.05, 0) is 27.7 Å². The number of carbonyl (C=O) groups excluding carboxylic acids is 2. The highest BCUT2D eigenvalue weighted by Gasteiger charge is 2.18. The summed E-state index contributed by atoms with van der Waals surface area (Å²) in [5.41, 5.74) is 5.24. The molecule has 0 saturated carbocycles. The molecule has 0 aliphatic rings. The van der Waals surface area contributed by atoms with Gasteiger partial charge in [0.1, 0.15) is 0 Å². The summed E-state index contributed by atoms with van der Waals surface area (Å²) in [5, 5.41) is 2.79. The molecule has 0 aromatic heterocycles. The Morgan fingerprint density at radius 1 is 1.38 bits per heavy atom. The van der Waals surface area contributed by atoms with E-state index in [1.807, 2.05) is 20.8 Å². The number of amides is 2. The summed E-state index contributed by atoms with van der Waals surface area (Å²) in [6.07, 6.45) is 0.263. The highest BCUT2D eigenvalue weighted by Crippen LogP contribution is 1.99. The molecule has 5 heteroatoms. The minimum absolute atomic E-state index is 0.0722. The van der Waals surface area contributed by atoms with Crippen molar-refractivity contribution in [3.05, 3.63) is 0 Å². The quantitative estimate of drug-likeness (QED) is 0.717. The van der Waals surface area contributed by atoms with Crippen LogP contribution in [-0.4, -0.2) is 41.9 Å². The molecule has 2 amide bonds. The lowest BCUT2D eigenvalue weighted by Gasteiger charge is -2.23. The normalized spacial score (nSPS) is 13.1. The van der Waals surface area contributed by atoms with Gasteiger partial charge in [-0.3, -0.25) is 9.59 Å². The minimum Gasteiger partial charge on any atom is -0.350 e. The second-order valence-corrected chi connectivity index (χ2v) is 5.23.